The Hall–Kier alpha value is -1.16. The van der Waals surface area contributed by atoms with Gasteiger partial charge >= 0.3 is 0 Å². The zero-order valence-electron chi connectivity index (χ0n) is 15.8. The van der Waals surface area contributed by atoms with Crippen LogP contribution in [0.15, 0.2) is 28.8 Å². The molecule has 2 saturated carbocycles. The molecule has 3 atom stereocenters. The zero-order chi connectivity index (χ0) is 17.8. The number of nitrogens with one attached hydrogen (secondary N) is 2. The molecule has 2 aromatic rings. The van der Waals surface area contributed by atoms with Crippen molar-refractivity contribution >= 4 is 41.3 Å². The molecule has 8 heteroatoms. The van der Waals surface area contributed by atoms with Crippen LogP contribution in [-0.2, 0) is 19.5 Å². The lowest BCUT2D eigenvalue weighted by molar-refractivity contribution is 0.387. The van der Waals surface area contributed by atoms with Gasteiger partial charge in [0.05, 0.1) is 6.54 Å². The minimum absolute atomic E-state index is 0. The molecule has 3 unspecified atom stereocenters. The number of nitrogens with zero attached hydrogens (tertiary/aromatic N) is 4. The van der Waals surface area contributed by atoms with E-state index in [1.54, 1.807) is 11.3 Å². The number of aliphatic imine (C=N–C) groups is 1. The molecule has 2 heterocycles. The molecule has 0 radical (unpaired) electrons. The highest BCUT2D eigenvalue weighted by molar-refractivity contribution is 14.0. The van der Waals surface area contributed by atoms with E-state index in [4.69, 9.17) is 4.99 Å². The van der Waals surface area contributed by atoms with Crippen LogP contribution in [0.2, 0.25) is 0 Å². The van der Waals surface area contributed by atoms with E-state index in [1.807, 2.05) is 6.33 Å². The highest BCUT2D eigenvalue weighted by Crippen LogP contribution is 2.44. The molecule has 0 spiro atoms. The van der Waals surface area contributed by atoms with Crippen molar-refractivity contribution in [3.8, 4) is 0 Å². The van der Waals surface area contributed by atoms with Gasteiger partial charge in [0.1, 0.15) is 12.2 Å². The molecular formula is C19H29IN6S. The summed E-state index contributed by atoms with van der Waals surface area (Å²) in [6, 6.07) is 4.82. The van der Waals surface area contributed by atoms with Gasteiger partial charge in [-0.05, 0) is 42.5 Å². The first-order chi connectivity index (χ1) is 12.8. The predicted octanol–water partition coefficient (Wildman–Crippen LogP) is 3.44. The summed E-state index contributed by atoms with van der Waals surface area (Å²) in [5, 5.41) is 17.5. The van der Waals surface area contributed by atoms with Gasteiger partial charge in [-0.2, -0.15) is 0 Å². The summed E-state index contributed by atoms with van der Waals surface area (Å²) in [5.41, 5.74) is 0. The highest BCUT2D eigenvalue weighted by atomic mass is 127. The lowest BCUT2D eigenvalue weighted by Crippen LogP contribution is -2.46. The third-order valence-corrected chi connectivity index (χ3v) is 6.55. The molecule has 2 aliphatic carbocycles. The van der Waals surface area contributed by atoms with Crippen molar-refractivity contribution in [2.45, 2.75) is 58.2 Å². The van der Waals surface area contributed by atoms with E-state index < -0.39 is 0 Å². The molecule has 2 aromatic heterocycles. The van der Waals surface area contributed by atoms with Gasteiger partial charge in [-0.1, -0.05) is 19.4 Å². The third kappa shape index (κ3) is 5.22. The molecular weight excluding hydrogens is 471 g/mol. The second-order valence-corrected chi connectivity index (χ2v) is 8.42. The summed E-state index contributed by atoms with van der Waals surface area (Å²) in [4.78, 5) is 6.14. The van der Waals surface area contributed by atoms with Crippen molar-refractivity contribution in [2.24, 2.45) is 16.8 Å². The predicted molar refractivity (Wildman–Crippen MR) is 121 cm³/mol. The quantitative estimate of drug-likeness (QED) is 0.347. The monoisotopic (exact) mass is 500 g/mol. The topological polar surface area (TPSA) is 67.1 Å². The van der Waals surface area contributed by atoms with E-state index in [2.05, 4.69) is 49.8 Å². The average Bonchev–Trinajstić information content (AvgIpc) is 3.44. The van der Waals surface area contributed by atoms with Crippen molar-refractivity contribution in [3.63, 3.8) is 0 Å². The summed E-state index contributed by atoms with van der Waals surface area (Å²) in [6.45, 7) is 4.52. The standard InChI is InChI=1S/C19H28N6S.HI/c1-2-18-24-22-13-25(18)8-7-20-19(21-12-16-4-3-9-26-16)23-17-11-14-5-6-15(17)10-14;/h3-4,9,13-15,17H,2,5-8,10-12H2,1H3,(H2,20,21,23);1H. The van der Waals surface area contributed by atoms with Gasteiger partial charge in [0.15, 0.2) is 5.96 Å². The van der Waals surface area contributed by atoms with Gasteiger partial charge in [0.25, 0.3) is 0 Å². The summed E-state index contributed by atoms with van der Waals surface area (Å²) >= 11 is 1.76. The Morgan fingerprint density at radius 3 is 3.00 bits per heavy atom. The molecule has 2 aliphatic rings. The van der Waals surface area contributed by atoms with Gasteiger partial charge in [0, 0.05) is 30.4 Å². The summed E-state index contributed by atoms with van der Waals surface area (Å²) in [7, 11) is 0. The number of thiophene rings is 1. The number of hydrogen-bond acceptors (Lipinski definition) is 4. The Morgan fingerprint density at radius 2 is 2.30 bits per heavy atom. The van der Waals surface area contributed by atoms with Crippen LogP contribution in [0.5, 0.6) is 0 Å². The van der Waals surface area contributed by atoms with E-state index in [0.29, 0.717) is 6.04 Å². The molecule has 0 aromatic carbocycles. The Morgan fingerprint density at radius 1 is 1.37 bits per heavy atom. The fourth-order valence-corrected chi connectivity index (χ4v) is 4.97. The molecule has 2 fully saturated rings. The van der Waals surface area contributed by atoms with Crippen LogP contribution in [0.4, 0.5) is 0 Å². The molecule has 2 bridgehead atoms. The van der Waals surface area contributed by atoms with Crippen LogP contribution in [-0.4, -0.2) is 33.3 Å². The second kappa shape index (κ2) is 9.86. The van der Waals surface area contributed by atoms with E-state index >= 15 is 0 Å². The third-order valence-electron chi connectivity index (χ3n) is 5.69. The van der Waals surface area contributed by atoms with Crippen LogP contribution >= 0.6 is 35.3 Å². The van der Waals surface area contributed by atoms with Gasteiger partial charge in [0.2, 0.25) is 0 Å². The average molecular weight is 500 g/mol. The summed E-state index contributed by atoms with van der Waals surface area (Å²) in [5.74, 6) is 3.74. The number of aryl methyl sites for hydroxylation is 1. The number of hydrogen-bond donors (Lipinski definition) is 2. The van der Waals surface area contributed by atoms with Crippen LogP contribution in [0, 0.1) is 11.8 Å². The van der Waals surface area contributed by atoms with E-state index in [0.717, 1.165) is 49.7 Å². The molecule has 4 rings (SSSR count). The van der Waals surface area contributed by atoms with E-state index in [-0.39, 0.29) is 24.0 Å². The zero-order valence-corrected chi connectivity index (χ0v) is 19.0. The fraction of sp³-hybridized carbons (Fsp3) is 0.632. The number of fused-ring (bicyclic) bond motifs is 2. The van der Waals surface area contributed by atoms with Crippen LogP contribution in [0.1, 0.15) is 43.3 Å². The lowest BCUT2D eigenvalue weighted by atomic mass is 9.95. The number of halogens is 1. The van der Waals surface area contributed by atoms with E-state index in [9.17, 15) is 0 Å². The van der Waals surface area contributed by atoms with Gasteiger partial charge in [-0.25, -0.2) is 4.99 Å². The molecule has 0 aliphatic heterocycles. The minimum Gasteiger partial charge on any atom is -0.355 e. The maximum atomic E-state index is 4.84. The molecule has 0 saturated heterocycles. The Balaban J connectivity index is 0.00000210. The van der Waals surface area contributed by atoms with Crippen molar-refractivity contribution in [1.82, 2.24) is 25.4 Å². The largest absolute Gasteiger partial charge is 0.355 e. The first-order valence-electron chi connectivity index (χ1n) is 9.75. The van der Waals surface area contributed by atoms with Gasteiger partial charge < -0.3 is 15.2 Å². The Labute approximate surface area is 182 Å². The summed E-state index contributed by atoms with van der Waals surface area (Å²) < 4.78 is 2.11. The number of aromatic nitrogens is 3. The molecule has 148 valence electrons. The molecule has 0 amide bonds. The lowest BCUT2D eigenvalue weighted by Gasteiger charge is -2.25. The van der Waals surface area contributed by atoms with Crippen LogP contribution in [0.3, 0.4) is 0 Å². The molecule has 27 heavy (non-hydrogen) atoms. The van der Waals surface area contributed by atoms with E-state index in [1.165, 1.54) is 30.6 Å². The Bertz CT molecular complexity index is 728. The summed E-state index contributed by atoms with van der Waals surface area (Å²) in [6.07, 6.45) is 8.22. The molecule has 2 N–H and O–H groups in total. The van der Waals surface area contributed by atoms with Gasteiger partial charge in [-0.15, -0.1) is 45.5 Å². The van der Waals surface area contributed by atoms with Gasteiger partial charge in [-0.3, -0.25) is 0 Å². The smallest absolute Gasteiger partial charge is 0.191 e. The van der Waals surface area contributed by atoms with Crippen molar-refractivity contribution in [1.29, 1.82) is 0 Å². The number of rotatable bonds is 7. The highest BCUT2D eigenvalue weighted by Gasteiger charge is 2.39. The maximum absolute atomic E-state index is 4.84. The van der Waals surface area contributed by atoms with Crippen LogP contribution in [0.25, 0.3) is 0 Å². The second-order valence-electron chi connectivity index (χ2n) is 7.39. The number of guanidine groups is 1. The maximum Gasteiger partial charge on any atom is 0.191 e. The van der Waals surface area contributed by atoms with Crippen molar-refractivity contribution < 1.29 is 0 Å². The normalized spacial score (nSPS) is 24.0. The Kier molecular flexibility index (Phi) is 7.51. The van der Waals surface area contributed by atoms with Crippen molar-refractivity contribution in [3.05, 3.63) is 34.5 Å². The van der Waals surface area contributed by atoms with Crippen LogP contribution < -0.4 is 10.6 Å². The minimum atomic E-state index is 0. The first kappa shape index (κ1) is 20.6. The fourth-order valence-electron chi connectivity index (χ4n) is 4.34. The first-order valence-corrected chi connectivity index (χ1v) is 10.6. The molecule has 6 nitrogen and oxygen atoms in total. The van der Waals surface area contributed by atoms with Crippen molar-refractivity contribution in [2.75, 3.05) is 6.54 Å². The SMILES string of the molecule is CCc1nncn1CCNC(=NCc1cccs1)NC1CC2CCC1C2.I.